The fraction of sp³-hybridized carbons (Fsp3) is 0.483. The van der Waals surface area contributed by atoms with Crippen molar-refractivity contribution in [1.29, 1.82) is 0 Å². The van der Waals surface area contributed by atoms with Crippen molar-refractivity contribution in [2.24, 2.45) is 0 Å². The molecule has 2 nitrogen and oxygen atoms in total. The summed E-state index contributed by atoms with van der Waals surface area (Å²) in [5.74, 6) is 0. The first-order valence-corrected chi connectivity index (χ1v) is 23.3. The molecule has 0 N–H and O–H groups in total. The van der Waals surface area contributed by atoms with Gasteiger partial charge < -0.3 is 9.80 Å². The van der Waals surface area contributed by atoms with E-state index in [1.54, 1.807) is 0 Å². The smallest absolute Gasteiger partial charge is 0.252 e. The Morgan fingerprint density at radius 3 is 1.61 bits per heavy atom. The molecule has 3 aliphatic carbocycles. The van der Waals surface area contributed by atoms with Crippen molar-refractivity contribution in [1.82, 2.24) is 0 Å². The molecule has 0 spiro atoms. The fourth-order valence-corrected chi connectivity index (χ4v) is 13.5. The minimum absolute atomic E-state index is 0.000181. The summed E-state index contributed by atoms with van der Waals surface area (Å²) in [7, 11) is 0. The Hall–Kier alpha value is -4.24. The molecule has 0 radical (unpaired) electrons. The van der Waals surface area contributed by atoms with Crippen LogP contribution in [0.2, 0.25) is 0 Å². The molecule has 316 valence electrons. The van der Waals surface area contributed by atoms with Gasteiger partial charge in [0.15, 0.2) is 0 Å². The van der Waals surface area contributed by atoms with E-state index in [1.807, 2.05) is 12.1 Å². The summed E-state index contributed by atoms with van der Waals surface area (Å²) in [5, 5.41) is 0. The number of fused-ring (bicyclic) bond motifs is 7. The molecule has 0 amide bonds. The van der Waals surface area contributed by atoms with Gasteiger partial charge in [-0.2, -0.15) is 0 Å². The topological polar surface area (TPSA) is 6.48 Å². The van der Waals surface area contributed by atoms with Gasteiger partial charge in [0.25, 0.3) is 6.71 Å². The predicted molar refractivity (Wildman–Crippen MR) is 265 cm³/mol. The molecule has 0 fully saturated rings. The minimum Gasteiger partial charge on any atom is -0.311 e. The summed E-state index contributed by atoms with van der Waals surface area (Å²) in [6.07, 6.45) is 4.40. The normalized spacial score (nSPS) is 22.2. The van der Waals surface area contributed by atoms with Gasteiger partial charge in [-0.15, -0.1) is 0 Å². The summed E-state index contributed by atoms with van der Waals surface area (Å²) in [5.41, 5.74) is 21.6. The summed E-state index contributed by atoms with van der Waals surface area (Å²) in [6.45, 7) is 35.6. The Kier molecular flexibility index (Phi) is 7.51. The highest BCUT2D eigenvalue weighted by molar-refractivity contribution is 7.00. The van der Waals surface area contributed by atoms with Crippen LogP contribution in [-0.2, 0) is 37.9 Å². The molecule has 2 heterocycles. The zero-order chi connectivity index (χ0) is 46.4. The van der Waals surface area contributed by atoms with Crippen molar-refractivity contribution in [3.05, 3.63) is 123 Å². The lowest BCUT2D eigenvalue weighted by molar-refractivity contribution is 0.332. The van der Waals surface area contributed by atoms with Gasteiger partial charge in [-0.05, 0) is 186 Å². The first-order chi connectivity index (χ1) is 29.3. The monoisotopic (exact) mass is 810 g/mol. The molecule has 0 bridgehead atoms. The number of hydrogen-bond acceptors (Lipinski definition) is 2. The van der Waals surface area contributed by atoms with Crippen molar-refractivity contribution < 1.29 is 4.11 Å². The molecule has 0 saturated heterocycles. The van der Waals surface area contributed by atoms with Crippen LogP contribution in [0.4, 0.5) is 34.1 Å². The van der Waals surface area contributed by atoms with Crippen molar-refractivity contribution in [3.8, 4) is 0 Å². The minimum atomic E-state index is -2.33. The van der Waals surface area contributed by atoms with Crippen LogP contribution in [0.3, 0.4) is 0 Å². The van der Waals surface area contributed by atoms with Crippen LogP contribution in [0.5, 0.6) is 0 Å². The van der Waals surface area contributed by atoms with Crippen LogP contribution in [0, 0.1) is 13.8 Å². The highest BCUT2D eigenvalue weighted by atomic mass is 15.2. The van der Waals surface area contributed by atoms with Crippen molar-refractivity contribution in [2.45, 2.75) is 181 Å². The maximum Gasteiger partial charge on any atom is 0.252 e. The van der Waals surface area contributed by atoms with E-state index in [0.717, 1.165) is 54.1 Å². The van der Waals surface area contributed by atoms with E-state index in [4.69, 9.17) is 4.11 Å². The molecule has 61 heavy (non-hydrogen) atoms. The molecule has 0 unspecified atom stereocenters. The zero-order valence-electron chi connectivity index (χ0n) is 43.2. The van der Waals surface area contributed by atoms with E-state index < -0.39 is 6.85 Å². The Morgan fingerprint density at radius 1 is 0.492 bits per heavy atom. The zero-order valence-corrected chi connectivity index (χ0v) is 40.2. The number of benzene rings is 5. The number of aryl methyl sites for hydroxylation is 2. The van der Waals surface area contributed by atoms with Gasteiger partial charge >= 0.3 is 0 Å². The Labute approximate surface area is 373 Å². The lowest BCUT2D eigenvalue weighted by Crippen LogP contribution is -2.62. The summed E-state index contributed by atoms with van der Waals surface area (Å²) >= 11 is 0. The van der Waals surface area contributed by atoms with E-state index in [2.05, 4.69) is 181 Å². The standard InChI is InChI=1S/C58H71BN2/c1-34-24-49-51-50(25-34)61(47-30-43-39(26-35(47)2)56(12,13)33-58(43,16)17)48-31-42-41(53(6,7)22-23-54(42,8)9)29-45(48)59(51)44-27-36(52(3,4)5)18-21-46(44)60(49)37-19-20-38-40(28-37)57(14,15)32-55(38,10)11/h18-21,24-31H,22-23,32-33H2,1-17H3/i1D3. The highest BCUT2D eigenvalue weighted by Crippen LogP contribution is 2.56. The van der Waals surface area contributed by atoms with Gasteiger partial charge in [-0.1, -0.05) is 134 Å². The van der Waals surface area contributed by atoms with Crippen LogP contribution >= 0.6 is 0 Å². The third-order valence-electron chi connectivity index (χ3n) is 16.4. The van der Waals surface area contributed by atoms with E-state index in [0.29, 0.717) is 5.56 Å². The van der Waals surface area contributed by atoms with Crippen LogP contribution in [0.15, 0.2) is 72.8 Å². The lowest BCUT2D eigenvalue weighted by atomic mass is 9.33. The average molecular weight is 810 g/mol. The number of hydrogen-bond donors (Lipinski definition) is 0. The molecule has 0 atom stereocenters. The third-order valence-corrected chi connectivity index (χ3v) is 16.4. The van der Waals surface area contributed by atoms with Crippen molar-refractivity contribution >= 4 is 57.2 Å². The second-order valence-electron chi connectivity index (χ2n) is 25.1. The first kappa shape index (κ1) is 37.3. The molecule has 0 aromatic heterocycles. The highest BCUT2D eigenvalue weighted by Gasteiger charge is 2.49. The number of anilines is 6. The quantitative estimate of drug-likeness (QED) is 0.161. The largest absolute Gasteiger partial charge is 0.311 e. The maximum atomic E-state index is 9.11. The number of rotatable bonds is 2. The Morgan fingerprint density at radius 2 is 1.00 bits per heavy atom. The van der Waals surface area contributed by atoms with E-state index in [1.165, 1.54) is 66.6 Å². The van der Waals surface area contributed by atoms with Gasteiger partial charge in [-0.3, -0.25) is 0 Å². The summed E-state index contributed by atoms with van der Waals surface area (Å²) in [4.78, 5) is 4.95. The molecule has 5 aromatic carbocycles. The van der Waals surface area contributed by atoms with Crippen molar-refractivity contribution in [3.63, 3.8) is 0 Å². The Bertz CT molecular complexity index is 2840. The molecule has 0 saturated carbocycles. The third kappa shape index (κ3) is 5.80. The predicted octanol–water partition coefficient (Wildman–Crippen LogP) is 14.0. The Balaban J connectivity index is 1.37. The van der Waals surface area contributed by atoms with Gasteiger partial charge in [0.2, 0.25) is 0 Å². The van der Waals surface area contributed by atoms with E-state index >= 15 is 0 Å². The molecule has 10 rings (SSSR count). The lowest BCUT2D eigenvalue weighted by Gasteiger charge is -2.48. The summed E-state index contributed by atoms with van der Waals surface area (Å²) < 4.78 is 27.3. The van der Waals surface area contributed by atoms with E-state index in [9.17, 15) is 0 Å². The SMILES string of the molecule is [2H]C([2H])([2H])c1cc2c3c(c1)N(c1cc4c(cc1C)C(C)(C)CC4(C)C)c1cc4c(cc1B3c1cc(C(C)(C)C)ccc1N2c1ccc2c(c1)C(C)(C)CC2(C)C)C(C)(C)CCC4(C)C. The van der Waals surface area contributed by atoms with E-state index in [-0.39, 0.29) is 44.6 Å². The van der Waals surface area contributed by atoms with Gasteiger partial charge in [0.05, 0.1) is 0 Å². The van der Waals surface area contributed by atoms with Crippen LogP contribution in [0.25, 0.3) is 0 Å². The molecule has 5 aliphatic rings. The number of nitrogens with zero attached hydrogens (tertiary/aromatic N) is 2. The molecule has 2 aliphatic heterocycles. The second-order valence-corrected chi connectivity index (χ2v) is 25.1. The van der Waals surface area contributed by atoms with Gasteiger partial charge in [0.1, 0.15) is 0 Å². The molecular weight excluding hydrogens is 735 g/mol. The maximum absolute atomic E-state index is 9.11. The molecule has 3 heteroatoms. The summed E-state index contributed by atoms with van der Waals surface area (Å²) in [6, 6.07) is 28.4. The molecule has 5 aromatic rings. The van der Waals surface area contributed by atoms with Gasteiger partial charge in [0, 0.05) is 38.2 Å². The van der Waals surface area contributed by atoms with Crippen LogP contribution in [-0.4, -0.2) is 6.71 Å². The average Bonchev–Trinajstić information content (AvgIpc) is 3.48. The first-order valence-electron chi connectivity index (χ1n) is 24.8. The second kappa shape index (κ2) is 12.3. The van der Waals surface area contributed by atoms with Gasteiger partial charge in [-0.25, -0.2) is 0 Å². The van der Waals surface area contributed by atoms with Crippen molar-refractivity contribution in [2.75, 3.05) is 9.80 Å². The molecular formula is C58H71BN2. The van der Waals surface area contributed by atoms with Crippen LogP contribution < -0.4 is 26.2 Å². The fourth-order valence-electron chi connectivity index (χ4n) is 13.5. The van der Waals surface area contributed by atoms with Crippen LogP contribution in [0.1, 0.15) is 184 Å².